The average molecular weight is 397 g/mol. The number of aromatic nitrogens is 2. The van der Waals surface area contributed by atoms with Crippen LogP contribution in [0.1, 0.15) is 46.6 Å². The smallest absolute Gasteiger partial charge is 0.261 e. The van der Waals surface area contributed by atoms with Crippen molar-refractivity contribution in [2.45, 2.75) is 39.2 Å². The lowest BCUT2D eigenvalue weighted by molar-refractivity contribution is 0.0955. The van der Waals surface area contributed by atoms with Crippen molar-refractivity contribution >= 4 is 27.5 Å². The first-order valence-electron chi connectivity index (χ1n) is 10.2. The average Bonchev–Trinajstić information content (AvgIpc) is 3.28. The van der Waals surface area contributed by atoms with E-state index < -0.39 is 0 Å². The van der Waals surface area contributed by atoms with Crippen molar-refractivity contribution in [3.8, 4) is 0 Å². The molecule has 3 aromatic rings. The zero-order valence-electron chi connectivity index (χ0n) is 16.5. The maximum atomic E-state index is 12.6. The first-order chi connectivity index (χ1) is 13.7. The Morgan fingerprint density at radius 3 is 2.75 bits per heavy atom. The Hall–Kier alpha value is -2.18. The zero-order chi connectivity index (χ0) is 19.3. The molecule has 148 valence electrons. The largest absolute Gasteiger partial charge is 0.351 e. The van der Waals surface area contributed by atoms with Gasteiger partial charge in [0.2, 0.25) is 0 Å². The predicted molar refractivity (Wildman–Crippen MR) is 115 cm³/mol. The second-order valence-electron chi connectivity index (χ2n) is 7.57. The summed E-state index contributed by atoms with van der Waals surface area (Å²) in [4.78, 5) is 17.0. The van der Waals surface area contributed by atoms with Gasteiger partial charge in [-0.15, -0.1) is 11.3 Å². The summed E-state index contributed by atoms with van der Waals surface area (Å²) < 4.78 is 2.01. The van der Waals surface area contributed by atoms with Crippen LogP contribution in [0.4, 0.5) is 0 Å². The van der Waals surface area contributed by atoms with Crippen LogP contribution < -0.4 is 5.32 Å². The van der Waals surface area contributed by atoms with E-state index in [2.05, 4.69) is 27.4 Å². The second kappa shape index (κ2) is 8.88. The molecular weight excluding hydrogens is 368 g/mol. The maximum absolute atomic E-state index is 12.6. The van der Waals surface area contributed by atoms with Crippen molar-refractivity contribution in [2.75, 3.05) is 26.2 Å². The fourth-order valence-corrected chi connectivity index (χ4v) is 4.94. The number of likely N-dealkylation sites (tertiary alicyclic amines) is 1. The lowest BCUT2D eigenvalue weighted by Crippen LogP contribution is -2.33. The van der Waals surface area contributed by atoms with Gasteiger partial charge in [0.25, 0.3) is 5.91 Å². The molecule has 0 spiro atoms. The minimum Gasteiger partial charge on any atom is -0.351 e. The van der Waals surface area contributed by atoms with E-state index in [-0.39, 0.29) is 5.91 Å². The number of rotatable bonds is 7. The second-order valence-corrected chi connectivity index (χ2v) is 8.60. The minimum atomic E-state index is 0.0329. The third-order valence-electron chi connectivity index (χ3n) is 5.39. The predicted octanol–water partition coefficient (Wildman–Crippen LogP) is 4.06. The lowest BCUT2D eigenvalue weighted by Gasteiger charge is -2.26. The first kappa shape index (κ1) is 19.2. The Morgan fingerprint density at radius 1 is 1.18 bits per heavy atom. The van der Waals surface area contributed by atoms with Crippen molar-refractivity contribution in [1.29, 1.82) is 0 Å². The molecular formula is C22H28N4OS. The molecule has 1 aliphatic rings. The number of carbonyl (C=O) groups is 1. The summed E-state index contributed by atoms with van der Waals surface area (Å²) in [5.41, 5.74) is 2.19. The summed E-state index contributed by atoms with van der Waals surface area (Å²) in [7, 11) is 0. The number of nitrogens with one attached hydrogen (secondary N) is 1. The van der Waals surface area contributed by atoms with Crippen LogP contribution in [0.5, 0.6) is 0 Å². The van der Waals surface area contributed by atoms with Gasteiger partial charge in [0.1, 0.15) is 4.83 Å². The Kier molecular flexibility index (Phi) is 6.07. The molecule has 1 aliphatic heterocycles. The van der Waals surface area contributed by atoms with Gasteiger partial charge in [0, 0.05) is 11.9 Å². The Bertz CT molecular complexity index is 925. The van der Waals surface area contributed by atoms with Crippen molar-refractivity contribution in [2.24, 2.45) is 0 Å². The van der Waals surface area contributed by atoms with Gasteiger partial charge < -0.3 is 10.2 Å². The SMILES string of the molecule is Cc1nn(Cc2ccccc2)c2sc(C(=O)NCCCN3CCCCC3)cc12. The van der Waals surface area contributed by atoms with E-state index in [1.54, 1.807) is 0 Å². The molecule has 1 fully saturated rings. The van der Waals surface area contributed by atoms with E-state index in [1.807, 2.05) is 35.9 Å². The van der Waals surface area contributed by atoms with Crippen molar-refractivity contribution < 1.29 is 4.79 Å². The molecule has 1 saturated heterocycles. The Balaban J connectivity index is 1.37. The van der Waals surface area contributed by atoms with E-state index in [0.717, 1.165) is 46.8 Å². The molecule has 1 amide bonds. The third-order valence-corrected chi connectivity index (χ3v) is 6.54. The summed E-state index contributed by atoms with van der Waals surface area (Å²) >= 11 is 1.54. The van der Waals surface area contributed by atoms with Gasteiger partial charge in [0.05, 0.1) is 17.1 Å². The molecule has 0 bridgehead atoms. The van der Waals surface area contributed by atoms with E-state index in [0.29, 0.717) is 0 Å². The standard InChI is InChI=1S/C22H28N4OS/c1-17-19-15-20(21(27)23-11-8-14-25-12-6-3-7-13-25)28-22(19)26(24-17)16-18-9-4-2-5-10-18/h2,4-5,9-10,15H,3,6-8,11-14,16H2,1H3,(H,23,27). The normalized spacial score (nSPS) is 15.2. The number of piperidine rings is 1. The highest BCUT2D eigenvalue weighted by Gasteiger charge is 2.16. The molecule has 0 saturated carbocycles. The van der Waals surface area contributed by atoms with Crippen LogP contribution in [-0.2, 0) is 6.54 Å². The highest BCUT2D eigenvalue weighted by molar-refractivity contribution is 7.20. The van der Waals surface area contributed by atoms with Gasteiger partial charge in [-0.1, -0.05) is 36.8 Å². The van der Waals surface area contributed by atoms with E-state index in [4.69, 9.17) is 0 Å². The summed E-state index contributed by atoms with van der Waals surface area (Å²) in [5.74, 6) is 0.0329. The number of aryl methyl sites for hydroxylation is 1. The van der Waals surface area contributed by atoms with Crippen LogP contribution in [0.25, 0.3) is 10.2 Å². The van der Waals surface area contributed by atoms with Crippen molar-refractivity contribution in [1.82, 2.24) is 20.0 Å². The fourth-order valence-electron chi connectivity index (χ4n) is 3.86. The molecule has 1 N–H and O–H groups in total. The number of thiophene rings is 1. The minimum absolute atomic E-state index is 0.0329. The fraction of sp³-hybridized carbons (Fsp3) is 0.455. The number of amides is 1. The molecule has 5 nitrogen and oxygen atoms in total. The van der Waals surface area contributed by atoms with E-state index >= 15 is 0 Å². The third kappa shape index (κ3) is 4.45. The summed E-state index contributed by atoms with van der Waals surface area (Å²) in [6, 6.07) is 12.3. The Morgan fingerprint density at radius 2 is 1.96 bits per heavy atom. The van der Waals surface area contributed by atoms with Gasteiger partial charge in [-0.3, -0.25) is 9.48 Å². The molecule has 0 radical (unpaired) electrons. The number of fused-ring (bicyclic) bond motifs is 1. The van der Waals surface area contributed by atoms with E-state index in [9.17, 15) is 4.79 Å². The van der Waals surface area contributed by atoms with Crippen LogP contribution >= 0.6 is 11.3 Å². The summed E-state index contributed by atoms with van der Waals surface area (Å²) in [5, 5.41) is 8.84. The number of carbonyl (C=O) groups excluding carboxylic acids is 1. The molecule has 28 heavy (non-hydrogen) atoms. The molecule has 4 rings (SSSR count). The van der Waals surface area contributed by atoms with Gasteiger partial charge >= 0.3 is 0 Å². The van der Waals surface area contributed by atoms with Crippen molar-refractivity contribution in [3.63, 3.8) is 0 Å². The first-order valence-corrected chi connectivity index (χ1v) is 11.0. The molecule has 1 aromatic carbocycles. The quantitative estimate of drug-likeness (QED) is 0.613. The van der Waals surface area contributed by atoms with E-state index in [1.165, 1.54) is 49.3 Å². The number of hydrogen-bond donors (Lipinski definition) is 1. The lowest BCUT2D eigenvalue weighted by atomic mass is 10.1. The molecule has 2 aromatic heterocycles. The number of hydrogen-bond acceptors (Lipinski definition) is 4. The monoisotopic (exact) mass is 396 g/mol. The highest BCUT2D eigenvalue weighted by atomic mass is 32.1. The molecule has 3 heterocycles. The molecule has 0 atom stereocenters. The molecule has 0 aliphatic carbocycles. The maximum Gasteiger partial charge on any atom is 0.261 e. The molecule has 0 unspecified atom stereocenters. The van der Waals surface area contributed by atoms with Gasteiger partial charge in [-0.2, -0.15) is 5.10 Å². The Labute approximate surface area is 170 Å². The number of nitrogens with zero attached hydrogens (tertiary/aromatic N) is 3. The van der Waals surface area contributed by atoms with Gasteiger partial charge in [0.15, 0.2) is 0 Å². The van der Waals surface area contributed by atoms with Crippen LogP contribution in [0.2, 0.25) is 0 Å². The highest BCUT2D eigenvalue weighted by Crippen LogP contribution is 2.28. The van der Waals surface area contributed by atoms with Crippen LogP contribution in [0.3, 0.4) is 0 Å². The van der Waals surface area contributed by atoms with Crippen LogP contribution in [-0.4, -0.2) is 46.8 Å². The van der Waals surface area contributed by atoms with Gasteiger partial charge in [-0.05, 0) is 57.5 Å². The number of benzene rings is 1. The van der Waals surface area contributed by atoms with Crippen molar-refractivity contribution in [3.05, 3.63) is 52.5 Å². The van der Waals surface area contributed by atoms with Gasteiger partial charge in [-0.25, -0.2) is 0 Å². The molecule has 6 heteroatoms. The topological polar surface area (TPSA) is 50.2 Å². The van der Waals surface area contributed by atoms with Crippen LogP contribution in [0.15, 0.2) is 36.4 Å². The summed E-state index contributed by atoms with van der Waals surface area (Å²) in [6.45, 7) is 6.97. The zero-order valence-corrected chi connectivity index (χ0v) is 17.3. The van der Waals surface area contributed by atoms with Crippen LogP contribution in [0, 0.1) is 6.92 Å². The summed E-state index contributed by atoms with van der Waals surface area (Å²) in [6.07, 6.45) is 5.00.